The smallest absolute Gasteiger partial charge is 0.289 e. The molecule has 1 aromatic heterocycles. The lowest BCUT2D eigenvalue weighted by atomic mass is 9.94. The molecule has 0 atom stereocenters. The predicted molar refractivity (Wildman–Crippen MR) is 185 cm³/mol. The van der Waals surface area contributed by atoms with Crippen LogP contribution < -0.4 is 10.2 Å². The van der Waals surface area contributed by atoms with Crippen LogP contribution in [0.25, 0.3) is 17.1 Å². The van der Waals surface area contributed by atoms with Gasteiger partial charge in [0, 0.05) is 62.6 Å². The molecular weight excluding hydrogens is 606 g/mol. The fourth-order valence-corrected chi connectivity index (χ4v) is 6.75. The second-order valence-corrected chi connectivity index (χ2v) is 13.0. The van der Waals surface area contributed by atoms with Crippen LogP contribution in [0.1, 0.15) is 61.3 Å². The van der Waals surface area contributed by atoms with Crippen LogP contribution >= 0.6 is 0 Å². The molecule has 0 radical (unpaired) electrons. The number of nitrogens with zero attached hydrogens (tertiary/aromatic N) is 6. The van der Waals surface area contributed by atoms with E-state index in [4.69, 9.17) is 0 Å². The topological polar surface area (TPSA) is 127 Å². The van der Waals surface area contributed by atoms with Crippen molar-refractivity contribution in [2.24, 2.45) is 5.92 Å². The van der Waals surface area contributed by atoms with Crippen LogP contribution in [0.4, 0.5) is 5.69 Å². The van der Waals surface area contributed by atoms with Gasteiger partial charge in [-0.3, -0.25) is 19.1 Å². The number of amides is 2. The van der Waals surface area contributed by atoms with Crippen LogP contribution in [0.3, 0.4) is 0 Å². The summed E-state index contributed by atoms with van der Waals surface area (Å²) in [4.78, 5) is 33.2. The molecule has 0 spiro atoms. The van der Waals surface area contributed by atoms with Gasteiger partial charge in [-0.05, 0) is 80.2 Å². The second-order valence-electron chi connectivity index (χ2n) is 13.0. The van der Waals surface area contributed by atoms with Gasteiger partial charge in [-0.2, -0.15) is 0 Å². The summed E-state index contributed by atoms with van der Waals surface area (Å²) in [6.07, 6.45) is 1.70. The minimum Gasteiger partial charge on any atom is -0.508 e. The van der Waals surface area contributed by atoms with Crippen LogP contribution in [0.15, 0.2) is 66.7 Å². The molecule has 0 unspecified atom stereocenters. The molecular formula is C37H45N7O4. The minimum absolute atomic E-state index is 0.000638. The van der Waals surface area contributed by atoms with E-state index in [1.165, 1.54) is 11.8 Å². The number of piperidine rings is 1. The Bertz CT molecular complexity index is 1720. The minimum atomic E-state index is -0.377. The molecule has 0 aliphatic carbocycles. The van der Waals surface area contributed by atoms with Crippen molar-refractivity contribution in [1.82, 2.24) is 29.9 Å². The Hall–Kier alpha value is -4.90. The number of phenols is 2. The quantitative estimate of drug-likeness (QED) is 0.236. The molecule has 252 valence electrons. The average molecular weight is 652 g/mol. The predicted octanol–water partition coefficient (Wildman–Crippen LogP) is 4.78. The number of aromatic hydroxyl groups is 2. The van der Waals surface area contributed by atoms with Crippen LogP contribution in [-0.4, -0.2) is 92.4 Å². The molecule has 0 bridgehead atoms. The molecule has 4 aromatic rings. The van der Waals surface area contributed by atoms with E-state index in [1.807, 2.05) is 56.0 Å². The number of rotatable bonds is 9. The van der Waals surface area contributed by atoms with Gasteiger partial charge in [-0.25, -0.2) is 0 Å². The fraction of sp³-hybridized carbons (Fsp3) is 0.405. The molecule has 48 heavy (non-hydrogen) atoms. The lowest BCUT2D eigenvalue weighted by Gasteiger charge is -2.39. The number of para-hydroxylation sites is 1. The van der Waals surface area contributed by atoms with E-state index in [0.29, 0.717) is 35.1 Å². The standard InChI is InChI=1S/C37H45N7O4/c1-4-38-36(47)35-40-39-34(31-22-30(25(2)3)32(45)23-33(31)46)44(35)29-12-10-26(11-13-29)24-41-16-14-27(15-17-41)37(48)43-20-18-42(19-21-43)28-8-6-5-7-9-28/h5-13,22-23,25,27,45-46H,4,14-21,24H2,1-3H3,(H,38,47). The van der Waals surface area contributed by atoms with Gasteiger partial charge in [0.2, 0.25) is 11.7 Å². The van der Waals surface area contributed by atoms with Crippen molar-refractivity contribution in [3.8, 4) is 28.6 Å². The molecule has 3 N–H and O–H groups in total. The van der Waals surface area contributed by atoms with E-state index in [1.54, 1.807) is 10.6 Å². The molecule has 3 aromatic carbocycles. The average Bonchev–Trinajstić information content (AvgIpc) is 3.54. The van der Waals surface area contributed by atoms with Crippen molar-refractivity contribution in [1.29, 1.82) is 0 Å². The van der Waals surface area contributed by atoms with Gasteiger partial charge >= 0.3 is 0 Å². The second kappa shape index (κ2) is 14.5. The van der Waals surface area contributed by atoms with E-state index in [9.17, 15) is 19.8 Å². The van der Waals surface area contributed by atoms with Gasteiger partial charge in [-0.15, -0.1) is 10.2 Å². The zero-order valence-corrected chi connectivity index (χ0v) is 28.0. The maximum absolute atomic E-state index is 13.4. The van der Waals surface area contributed by atoms with Gasteiger partial charge < -0.3 is 25.3 Å². The first kappa shape index (κ1) is 33.0. The normalized spacial score (nSPS) is 16.0. The van der Waals surface area contributed by atoms with Crippen LogP contribution in [0, 0.1) is 5.92 Å². The molecule has 2 fully saturated rings. The highest BCUT2D eigenvalue weighted by molar-refractivity contribution is 5.92. The van der Waals surface area contributed by atoms with Gasteiger partial charge in [0.05, 0.1) is 5.56 Å². The summed E-state index contributed by atoms with van der Waals surface area (Å²) in [6, 6.07) is 21.3. The van der Waals surface area contributed by atoms with Gasteiger partial charge in [-0.1, -0.05) is 44.2 Å². The number of nitrogens with one attached hydrogen (secondary N) is 1. The van der Waals surface area contributed by atoms with E-state index in [-0.39, 0.29) is 35.1 Å². The van der Waals surface area contributed by atoms with E-state index in [0.717, 1.165) is 64.2 Å². The Labute approximate surface area is 281 Å². The van der Waals surface area contributed by atoms with Crippen LogP contribution in [0.2, 0.25) is 0 Å². The summed E-state index contributed by atoms with van der Waals surface area (Å²) >= 11 is 0. The van der Waals surface area contributed by atoms with E-state index >= 15 is 0 Å². The molecule has 11 heteroatoms. The maximum Gasteiger partial charge on any atom is 0.289 e. The molecule has 2 aliphatic rings. The van der Waals surface area contributed by atoms with Crippen molar-refractivity contribution in [3.63, 3.8) is 0 Å². The van der Waals surface area contributed by atoms with Gasteiger partial charge in [0.15, 0.2) is 5.82 Å². The monoisotopic (exact) mass is 651 g/mol. The fourth-order valence-electron chi connectivity index (χ4n) is 6.75. The van der Waals surface area contributed by atoms with Crippen molar-refractivity contribution in [2.45, 2.75) is 46.1 Å². The highest BCUT2D eigenvalue weighted by Gasteiger charge is 2.31. The highest BCUT2D eigenvalue weighted by atomic mass is 16.3. The SMILES string of the molecule is CCNC(=O)c1nnc(-c2cc(C(C)C)c(O)cc2O)n1-c1ccc(CN2CCC(C(=O)N3CCN(c4ccccc4)CC3)CC2)cc1. The Kier molecular flexibility index (Phi) is 9.95. The highest BCUT2D eigenvalue weighted by Crippen LogP contribution is 2.38. The first-order chi connectivity index (χ1) is 23.2. The van der Waals surface area contributed by atoms with Crippen LogP contribution in [0.5, 0.6) is 11.5 Å². The lowest BCUT2D eigenvalue weighted by Crippen LogP contribution is -2.51. The number of phenolic OH excluding ortho intramolecular Hbond substituents is 2. The van der Waals surface area contributed by atoms with Crippen molar-refractivity contribution >= 4 is 17.5 Å². The van der Waals surface area contributed by atoms with Crippen molar-refractivity contribution in [2.75, 3.05) is 50.7 Å². The number of benzene rings is 3. The molecule has 3 heterocycles. The van der Waals surface area contributed by atoms with Crippen molar-refractivity contribution in [3.05, 3.63) is 83.7 Å². The summed E-state index contributed by atoms with van der Waals surface area (Å²) in [5.74, 6) is 0.239. The number of likely N-dealkylation sites (tertiary alicyclic amines) is 1. The zero-order valence-electron chi connectivity index (χ0n) is 28.0. The van der Waals surface area contributed by atoms with E-state index < -0.39 is 0 Å². The third-order valence-corrected chi connectivity index (χ3v) is 9.46. The molecule has 6 rings (SSSR count). The molecule has 0 saturated carbocycles. The summed E-state index contributed by atoms with van der Waals surface area (Å²) in [7, 11) is 0. The number of carbonyl (C=O) groups is 2. The first-order valence-electron chi connectivity index (χ1n) is 16.9. The number of hydrogen-bond donors (Lipinski definition) is 3. The first-order valence-corrected chi connectivity index (χ1v) is 16.9. The van der Waals surface area contributed by atoms with Gasteiger partial charge in [0.1, 0.15) is 11.5 Å². The Balaban J connectivity index is 1.11. The number of carbonyl (C=O) groups excluding carboxylic acids is 2. The third kappa shape index (κ3) is 7.01. The van der Waals surface area contributed by atoms with Crippen molar-refractivity contribution < 1.29 is 19.8 Å². The summed E-state index contributed by atoms with van der Waals surface area (Å²) in [5, 5.41) is 32.5. The summed E-state index contributed by atoms with van der Waals surface area (Å²) in [5.41, 5.74) is 4.04. The molecule has 2 aliphatic heterocycles. The number of anilines is 1. The number of hydrogen-bond acceptors (Lipinski definition) is 8. The Morgan fingerprint density at radius 2 is 1.54 bits per heavy atom. The maximum atomic E-state index is 13.4. The summed E-state index contributed by atoms with van der Waals surface area (Å²) < 4.78 is 1.64. The third-order valence-electron chi connectivity index (χ3n) is 9.46. The Morgan fingerprint density at radius 1 is 0.854 bits per heavy atom. The largest absolute Gasteiger partial charge is 0.508 e. The molecule has 11 nitrogen and oxygen atoms in total. The molecule has 2 amide bonds. The zero-order chi connectivity index (χ0) is 33.8. The van der Waals surface area contributed by atoms with E-state index in [2.05, 4.69) is 49.6 Å². The Morgan fingerprint density at radius 3 is 2.19 bits per heavy atom. The summed E-state index contributed by atoms with van der Waals surface area (Å²) in [6.45, 7) is 11.9. The number of piperazine rings is 1. The lowest BCUT2D eigenvalue weighted by molar-refractivity contribution is -0.137. The molecule has 2 saturated heterocycles. The van der Waals surface area contributed by atoms with Gasteiger partial charge in [0.25, 0.3) is 5.91 Å². The van der Waals surface area contributed by atoms with Crippen LogP contribution in [-0.2, 0) is 11.3 Å². The number of aromatic nitrogens is 3.